The van der Waals surface area contributed by atoms with Gasteiger partial charge in [-0.1, -0.05) is 0 Å². The average Bonchev–Trinajstić information content (AvgIpc) is 2.66. The highest BCUT2D eigenvalue weighted by Gasteiger charge is 2.25. The van der Waals surface area contributed by atoms with Crippen molar-refractivity contribution in [3.8, 4) is 0 Å². The molecule has 1 aliphatic carbocycles. The van der Waals surface area contributed by atoms with E-state index in [1.54, 1.807) is 0 Å². The van der Waals surface area contributed by atoms with Crippen LogP contribution in [0.15, 0.2) is 0 Å². The van der Waals surface area contributed by atoms with E-state index < -0.39 is 0 Å². The quantitative estimate of drug-likeness (QED) is 0.635. The van der Waals surface area contributed by atoms with Gasteiger partial charge in [-0.15, -0.1) is 0 Å². The minimum atomic E-state index is 0.256. The number of rotatable bonds is 3. The molecule has 0 bridgehead atoms. The number of hydrogen-bond donors (Lipinski definition) is 2. The first-order valence-electron chi connectivity index (χ1n) is 4.84. The first kappa shape index (κ1) is 8.05. The summed E-state index contributed by atoms with van der Waals surface area (Å²) in [5.41, 5.74) is 0. The molecule has 2 rings (SSSR count). The Hall–Kier alpha value is -0.570. The maximum absolute atomic E-state index is 11.3. The molecule has 3 heteroatoms. The molecule has 12 heavy (non-hydrogen) atoms. The summed E-state index contributed by atoms with van der Waals surface area (Å²) in [4.78, 5) is 11.3. The zero-order valence-corrected chi connectivity index (χ0v) is 7.31. The van der Waals surface area contributed by atoms with E-state index in [2.05, 4.69) is 10.6 Å². The summed E-state index contributed by atoms with van der Waals surface area (Å²) in [7, 11) is 0. The van der Waals surface area contributed by atoms with Crippen LogP contribution in [-0.2, 0) is 4.79 Å². The highest BCUT2D eigenvalue weighted by molar-refractivity contribution is 5.76. The van der Waals surface area contributed by atoms with Gasteiger partial charge >= 0.3 is 0 Å². The van der Waals surface area contributed by atoms with Crippen molar-refractivity contribution < 1.29 is 4.79 Å². The van der Waals surface area contributed by atoms with Crippen LogP contribution in [-0.4, -0.2) is 25.0 Å². The molecule has 1 saturated heterocycles. The fraction of sp³-hybridized carbons (Fsp3) is 0.889. The molecule has 1 aliphatic heterocycles. The van der Waals surface area contributed by atoms with E-state index in [-0.39, 0.29) is 5.91 Å². The summed E-state index contributed by atoms with van der Waals surface area (Å²) >= 11 is 0. The Labute approximate surface area is 72.9 Å². The second-order valence-electron chi connectivity index (χ2n) is 3.90. The lowest BCUT2D eigenvalue weighted by Gasteiger charge is -2.07. The summed E-state index contributed by atoms with van der Waals surface area (Å²) in [6.45, 7) is 2.11. The van der Waals surface area contributed by atoms with E-state index in [1.807, 2.05) is 0 Å². The number of carbonyl (C=O) groups excluding carboxylic acids is 1. The van der Waals surface area contributed by atoms with Crippen LogP contribution in [0.5, 0.6) is 0 Å². The van der Waals surface area contributed by atoms with Crippen LogP contribution in [0, 0.1) is 5.92 Å². The van der Waals surface area contributed by atoms with Crippen molar-refractivity contribution in [3.63, 3.8) is 0 Å². The maximum Gasteiger partial charge on any atom is 0.220 e. The Kier molecular flexibility index (Phi) is 2.30. The zero-order valence-electron chi connectivity index (χ0n) is 7.31. The van der Waals surface area contributed by atoms with Crippen LogP contribution in [0.1, 0.15) is 25.7 Å². The normalized spacial score (nSPS) is 28.8. The largest absolute Gasteiger partial charge is 0.353 e. The zero-order chi connectivity index (χ0) is 8.39. The molecule has 3 nitrogen and oxygen atoms in total. The molecular weight excluding hydrogens is 152 g/mol. The van der Waals surface area contributed by atoms with Gasteiger partial charge in [-0.3, -0.25) is 4.79 Å². The second-order valence-corrected chi connectivity index (χ2v) is 3.90. The molecule has 0 aromatic carbocycles. The summed E-state index contributed by atoms with van der Waals surface area (Å²) in [5.74, 6) is 0.843. The summed E-state index contributed by atoms with van der Waals surface area (Å²) in [5, 5.41) is 6.28. The molecule has 0 spiro atoms. The highest BCUT2D eigenvalue weighted by Crippen LogP contribution is 2.19. The molecule has 1 saturated carbocycles. The van der Waals surface area contributed by atoms with Gasteiger partial charge in [-0.05, 0) is 38.3 Å². The molecule has 1 amide bonds. The molecule has 2 fully saturated rings. The summed E-state index contributed by atoms with van der Waals surface area (Å²) < 4.78 is 0. The topological polar surface area (TPSA) is 41.1 Å². The highest BCUT2D eigenvalue weighted by atomic mass is 16.1. The first-order chi connectivity index (χ1) is 5.84. The predicted molar refractivity (Wildman–Crippen MR) is 46.8 cm³/mol. The smallest absolute Gasteiger partial charge is 0.220 e. The lowest BCUT2D eigenvalue weighted by molar-refractivity contribution is -0.122. The summed E-state index contributed by atoms with van der Waals surface area (Å²) in [6.07, 6.45) is 4.27. The van der Waals surface area contributed by atoms with Crippen LogP contribution < -0.4 is 10.6 Å². The lowest BCUT2D eigenvalue weighted by Crippen LogP contribution is -2.27. The van der Waals surface area contributed by atoms with E-state index in [9.17, 15) is 4.79 Å². The monoisotopic (exact) mass is 168 g/mol. The number of amides is 1. The first-order valence-corrected chi connectivity index (χ1v) is 4.84. The van der Waals surface area contributed by atoms with Crippen molar-refractivity contribution in [1.82, 2.24) is 10.6 Å². The van der Waals surface area contributed by atoms with Gasteiger partial charge in [0.05, 0.1) is 0 Å². The average molecular weight is 168 g/mol. The Morgan fingerprint density at radius 2 is 2.25 bits per heavy atom. The molecule has 0 unspecified atom stereocenters. The predicted octanol–water partition coefficient (Wildman–Crippen LogP) is 0.265. The molecule has 0 aromatic heterocycles. The molecule has 0 aromatic rings. The molecule has 0 radical (unpaired) electrons. The van der Waals surface area contributed by atoms with Crippen molar-refractivity contribution in [2.75, 3.05) is 13.1 Å². The Morgan fingerprint density at radius 3 is 2.83 bits per heavy atom. The van der Waals surface area contributed by atoms with Crippen LogP contribution in [0.25, 0.3) is 0 Å². The molecule has 1 atom stereocenters. The fourth-order valence-corrected chi connectivity index (χ4v) is 1.67. The van der Waals surface area contributed by atoms with Crippen LogP contribution in [0.4, 0.5) is 0 Å². The van der Waals surface area contributed by atoms with Gasteiger partial charge in [0.2, 0.25) is 5.91 Å². The van der Waals surface area contributed by atoms with Gasteiger partial charge < -0.3 is 10.6 Å². The Balaban J connectivity index is 1.66. The third-order valence-electron chi connectivity index (χ3n) is 2.58. The standard InChI is InChI=1S/C9H16N2O/c12-9(11-8-1-2-8)5-7-3-4-10-6-7/h7-8,10H,1-6H2,(H,11,12)/t7-/m1/s1. The molecule has 68 valence electrons. The Morgan fingerprint density at radius 1 is 1.42 bits per heavy atom. The fourth-order valence-electron chi connectivity index (χ4n) is 1.67. The minimum Gasteiger partial charge on any atom is -0.353 e. The third kappa shape index (κ3) is 2.21. The van der Waals surface area contributed by atoms with Crippen molar-refractivity contribution in [3.05, 3.63) is 0 Å². The van der Waals surface area contributed by atoms with Crippen LogP contribution in [0.2, 0.25) is 0 Å². The van der Waals surface area contributed by atoms with Crippen molar-refractivity contribution in [2.24, 2.45) is 5.92 Å². The van der Waals surface area contributed by atoms with Crippen molar-refractivity contribution in [1.29, 1.82) is 0 Å². The van der Waals surface area contributed by atoms with Gasteiger partial charge in [-0.2, -0.15) is 0 Å². The van der Waals surface area contributed by atoms with Gasteiger partial charge in [0.15, 0.2) is 0 Å². The molecular formula is C9H16N2O. The second kappa shape index (κ2) is 3.44. The number of carbonyl (C=O) groups is 1. The van der Waals surface area contributed by atoms with Gasteiger partial charge in [0, 0.05) is 12.5 Å². The van der Waals surface area contributed by atoms with Gasteiger partial charge in [0.25, 0.3) is 0 Å². The molecule has 2 aliphatic rings. The van der Waals surface area contributed by atoms with Crippen LogP contribution >= 0.6 is 0 Å². The maximum atomic E-state index is 11.3. The SMILES string of the molecule is O=C(C[C@H]1CCNC1)NC1CC1. The van der Waals surface area contributed by atoms with Gasteiger partial charge in [-0.25, -0.2) is 0 Å². The lowest BCUT2D eigenvalue weighted by atomic mass is 10.0. The Bertz CT molecular complexity index is 171. The van der Waals surface area contributed by atoms with Crippen LogP contribution in [0.3, 0.4) is 0 Å². The van der Waals surface area contributed by atoms with E-state index in [0.29, 0.717) is 12.0 Å². The van der Waals surface area contributed by atoms with Crippen molar-refractivity contribution in [2.45, 2.75) is 31.7 Å². The minimum absolute atomic E-state index is 0.256. The molecule has 1 heterocycles. The summed E-state index contributed by atoms with van der Waals surface area (Å²) in [6, 6.07) is 0.520. The third-order valence-corrected chi connectivity index (χ3v) is 2.58. The van der Waals surface area contributed by atoms with Gasteiger partial charge in [0.1, 0.15) is 0 Å². The number of hydrogen-bond acceptors (Lipinski definition) is 2. The van der Waals surface area contributed by atoms with E-state index >= 15 is 0 Å². The van der Waals surface area contributed by atoms with E-state index in [4.69, 9.17) is 0 Å². The van der Waals surface area contributed by atoms with Crippen molar-refractivity contribution >= 4 is 5.91 Å². The van der Waals surface area contributed by atoms with E-state index in [0.717, 1.165) is 25.9 Å². The molecule has 2 N–H and O–H groups in total. The number of nitrogens with one attached hydrogen (secondary N) is 2. The van der Waals surface area contributed by atoms with E-state index in [1.165, 1.54) is 12.8 Å².